The first-order valence-electron chi connectivity index (χ1n) is 5.80. The molecular weight excluding hydrogens is 216 g/mol. The number of methoxy groups -OCH3 is 1. The van der Waals surface area contributed by atoms with E-state index in [0.717, 1.165) is 28.0 Å². The van der Waals surface area contributed by atoms with Crippen molar-refractivity contribution in [2.24, 2.45) is 0 Å². The SMILES string of the molecule is CCOC(=O)Cc1cc(C)c(OC)c(C)c1C. The van der Waals surface area contributed by atoms with E-state index >= 15 is 0 Å². The van der Waals surface area contributed by atoms with Crippen LogP contribution in [0.1, 0.15) is 29.2 Å². The van der Waals surface area contributed by atoms with Gasteiger partial charge in [0.2, 0.25) is 0 Å². The highest BCUT2D eigenvalue weighted by Crippen LogP contribution is 2.28. The third-order valence-corrected chi connectivity index (χ3v) is 2.98. The van der Waals surface area contributed by atoms with Crippen molar-refractivity contribution in [2.45, 2.75) is 34.1 Å². The second-order valence-electron chi connectivity index (χ2n) is 4.12. The lowest BCUT2D eigenvalue weighted by atomic mass is 9.97. The van der Waals surface area contributed by atoms with E-state index in [9.17, 15) is 4.79 Å². The van der Waals surface area contributed by atoms with Crippen molar-refractivity contribution in [3.63, 3.8) is 0 Å². The Morgan fingerprint density at radius 2 is 1.88 bits per heavy atom. The Labute approximate surface area is 103 Å². The number of carbonyl (C=O) groups is 1. The Morgan fingerprint density at radius 3 is 2.41 bits per heavy atom. The molecule has 3 heteroatoms. The van der Waals surface area contributed by atoms with Gasteiger partial charge in [-0.15, -0.1) is 0 Å². The average molecular weight is 236 g/mol. The van der Waals surface area contributed by atoms with Crippen molar-refractivity contribution in [2.75, 3.05) is 13.7 Å². The number of hydrogen-bond acceptors (Lipinski definition) is 3. The van der Waals surface area contributed by atoms with Crippen molar-refractivity contribution >= 4 is 5.97 Å². The van der Waals surface area contributed by atoms with E-state index in [1.807, 2.05) is 33.8 Å². The molecule has 94 valence electrons. The lowest BCUT2D eigenvalue weighted by Gasteiger charge is -2.15. The first-order valence-corrected chi connectivity index (χ1v) is 5.80. The number of benzene rings is 1. The summed E-state index contributed by atoms with van der Waals surface area (Å²) in [5.41, 5.74) is 4.25. The van der Waals surface area contributed by atoms with E-state index in [0.29, 0.717) is 13.0 Å². The second-order valence-corrected chi connectivity index (χ2v) is 4.12. The van der Waals surface area contributed by atoms with Gasteiger partial charge in [-0.05, 0) is 49.9 Å². The van der Waals surface area contributed by atoms with Gasteiger partial charge in [0.1, 0.15) is 5.75 Å². The van der Waals surface area contributed by atoms with Crippen molar-refractivity contribution in [1.82, 2.24) is 0 Å². The lowest BCUT2D eigenvalue weighted by Crippen LogP contribution is -2.10. The molecule has 1 aromatic rings. The highest BCUT2D eigenvalue weighted by molar-refractivity contribution is 5.73. The number of hydrogen-bond donors (Lipinski definition) is 0. The molecule has 3 nitrogen and oxygen atoms in total. The van der Waals surface area contributed by atoms with Crippen LogP contribution in [-0.4, -0.2) is 19.7 Å². The molecule has 0 aliphatic rings. The summed E-state index contributed by atoms with van der Waals surface area (Å²) in [5.74, 6) is 0.717. The van der Waals surface area contributed by atoms with Crippen LogP contribution in [-0.2, 0) is 16.0 Å². The Morgan fingerprint density at radius 1 is 1.24 bits per heavy atom. The molecule has 0 aliphatic carbocycles. The fourth-order valence-corrected chi connectivity index (χ4v) is 2.01. The van der Waals surface area contributed by atoms with Crippen LogP contribution < -0.4 is 4.74 Å². The minimum absolute atomic E-state index is 0.181. The zero-order chi connectivity index (χ0) is 13.0. The fourth-order valence-electron chi connectivity index (χ4n) is 2.01. The third-order valence-electron chi connectivity index (χ3n) is 2.98. The molecule has 0 amide bonds. The number of esters is 1. The van der Waals surface area contributed by atoms with E-state index in [-0.39, 0.29) is 5.97 Å². The summed E-state index contributed by atoms with van der Waals surface area (Å²) in [6.45, 7) is 8.24. The normalized spacial score (nSPS) is 10.2. The van der Waals surface area contributed by atoms with Gasteiger partial charge in [0.25, 0.3) is 0 Å². The zero-order valence-electron chi connectivity index (χ0n) is 11.2. The molecule has 0 aromatic heterocycles. The van der Waals surface area contributed by atoms with Crippen LogP contribution in [0.2, 0.25) is 0 Å². The molecule has 0 saturated carbocycles. The van der Waals surface area contributed by atoms with Crippen LogP contribution in [0.5, 0.6) is 5.75 Å². The van der Waals surface area contributed by atoms with Crippen LogP contribution >= 0.6 is 0 Å². The highest BCUT2D eigenvalue weighted by Gasteiger charge is 2.13. The highest BCUT2D eigenvalue weighted by atomic mass is 16.5. The minimum Gasteiger partial charge on any atom is -0.496 e. The minimum atomic E-state index is -0.181. The van der Waals surface area contributed by atoms with E-state index in [2.05, 4.69) is 0 Å². The van der Waals surface area contributed by atoms with Crippen molar-refractivity contribution < 1.29 is 14.3 Å². The lowest BCUT2D eigenvalue weighted by molar-refractivity contribution is -0.142. The summed E-state index contributed by atoms with van der Waals surface area (Å²) in [5, 5.41) is 0. The van der Waals surface area contributed by atoms with Crippen molar-refractivity contribution in [3.05, 3.63) is 28.3 Å². The molecule has 0 saturated heterocycles. The van der Waals surface area contributed by atoms with Crippen LogP contribution in [0.25, 0.3) is 0 Å². The largest absolute Gasteiger partial charge is 0.496 e. The maximum absolute atomic E-state index is 11.5. The summed E-state index contributed by atoms with van der Waals surface area (Å²) in [7, 11) is 1.67. The third kappa shape index (κ3) is 2.99. The molecule has 1 aromatic carbocycles. The topological polar surface area (TPSA) is 35.5 Å². The van der Waals surface area contributed by atoms with E-state index in [4.69, 9.17) is 9.47 Å². The van der Waals surface area contributed by atoms with Gasteiger partial charge in [-0.2, -0.15) is 0 Å². The summed E-state index contributed by atoms with van der Waals surface area (Å²) < 4.78 is 10.3. The smallest absolute Gasteiger partial charge is 0.310 e. The van der Waals surface area contributed by atoms with E-state index in [1.54, 1.807) is 7.11 Å². The molecule has 0 unspecified atom stereocenters. The van der Waals surface area contributed by atoms with E-state index < -0.39 is 0 Å². The molecule has 0 heterocycles. The van der Waals surface area contributed by atoms with Gasteiger partial charge in [0, 0.05) is 0 Å². The van der Waals surface area contributed by atoms with Gasteiger partial charge in [0.15, 0.2) is 0 Å². The Kier molecular flexibility index (Phi) is 4.55. The van der Waals surface area contributed by atoms with Crippen LogP contribution in [0.3, 0.4) is 0 Å². The van der Waals surface area contributed by atoms with Crippen LogP contribution in [0, 0.1) is 20.8 Å². The molecule has 17 heavy (non-hydrogen) atoms. The standard InChI is InChI=1S/C14H20O3/c1-6-17-13(15)8-12-7-9(2)14(16-5)11(4)10(12)3/h7H,6,8H2,1-5H3. The van der Waals surface area contributed by atoms with Gasteiger partial charge >= 0.3 is 5.97 Å². The van der Waals surface area contributed by atoms with Gasteiger partial charge in [-0.3, -0.25) is 4.79 Å². The molecule has 0 fully saturated rings. The second kappa shape index (κ2) is 5.71. The van der Waals surface area contributed by atoms with Crippen molar-refractivity contribution in [1.29, 1.82) is 0 Å². The number of carbonyl (C=O) groups excluding carboxylic acids is 1. The summed E-state index contributed by atoms with van der Waals surface area (Å²) >= 11 is 0. The Hall–Kier alpha value is -1.51. The maximum Gasteiger partial charge on any atom is 0.310 e. The Bertz CT molecular complexity index is 422. The maximum atomic E-state index is 11.5. The summed E-state index contributed by atoms with van der Waals surface area (Å²) in [6, 6.07) is 2.00. The van der Waals surface area contributed by atoms with Crippen LogP contribution in [0.15, 0.2) is 6.07 Å². The molecule has 0 radical (unpaired) electrons. The predicted octanol–water partition coefficient (Wildman–Crippen LogP) is 2.73. The summed E-state index contributed by atoms with van der Waals surface area (Å²) in [6.07, 6.45) is 0.325. The molecule has 0 atom stereocenters. The van der Waals surface area contributed by atoms with Gasteiger partial charge in [-0.25, -0.2) is 0 Å². The van der Waals surface area contributed by atoms with Crippen molar-refractivity contribution in [3.8, 4) is 5.75 Å². The number of ether oxygens (including phenoxy) is 2. The van der Waals surface area contributed by atoms with Gasteiger partial charge in [0.05, 0.1) is 20.1 Å². The zero-order valence-corrected chi connectivity index (χ0v) is 11.2. The first-order chi connectivity index (χ1) is 8.01. The fraction of sp³-hybridized carbons (Fsp3) is 0.500. The molecule has 0 aliphatic heterocycles. The number of aryl methyl sites for hydroxylation is 1. The summed E-state index contributed by atoms with van der Waals surface area (Å²) in [4.78, 5) is 11.5. The Balaban J connectivity index is 3.06. The molecular formula is C14H20O3. The van der Waals surface area contributed by atoms with E-state index in [1.165, 1.54) is 0 Å². The van der Waals surface area contributed by atoms with Gasteiger partial charge < -0.3 is 9.47 Å². The van der Waals surface area contributed by atoms with Crippen LogP contribution in [0.4, 0.5) is 0 Å². The number of rotatable bonds is 4. The van der Waals surface area contributed by atoms with Gasteiger partial charge in [-0.1, -0.05) is 6.07 Å². The predicted molar refractivity (Wildman–Crippen MR) is 67.5 cm³/mol. The molecule has 1 rings (SSSR count). The average Bonchev–Trinajstić information content (AvgIpc) is 2.26. The first kappa shape index (κ1) is 13.6. The monoisotopic (exact) mass is 236 g/mol. The quantitative estimate of drug-likeness (QED) is 0.754. The molecule has 0 spiro atoms. The molecule has 0 N–H and O–H groups in total. The molecule has 0 bridgehead atoms.